The van der Waals surface area contributed by atoms with E-state index >= 15 is 0 Å². The molecule has 1 aromatic heterocycles. The van der Waals surface area contributed by atoms with E-state index in [1.165, 1.54) is 0 Å². The molecule has 0 aliphatic carbocycles. The molecule has 2 aliphatic heterocycles. The quantitative estimate of drug-likeness (QED) is 0.455. The van der Waals surface area contributed by atoms with Crippen molar-refractivity contribution < 1.29 is 14.4 Å². The van der Waals surface area contributed by atoms with Crippen LogP contribution in [0.15, 0.2) is 42.5 Å². The average Bonchev–Trinajstić information content (AvgIpc) is 3.68. The zero-order chi connectivity index (χ0) is 28.1. The van der Waals surface area contributed by atoms with Gasteiger partial charge in [0.25, 0.3) is 0 Å². The molecule has 210 valence electrons. The Hall–Kier alpha value is -3.46. The fraction of sp³-hybridized carbons (Fsp3) is 0.533. The Bertz CT molecular complexity index is 1260. The summed E-state index contributed by atoms with van der Waals surface area (Å²) in [6.07, 6.45) is 7.71. The van der Waals surface area contributed by atoms with E-state index in [2.05, 4.69) is 17.0 Å². The molecule has 3 amide bonds. The topological polar surface area (TPSA) is 114 Å². The molecule has 2 fully saturated rings. The molecule has 0 saturated carbocycles. The van der Waals surface area contributed by atoms with Crippen molar-refractivity contribution in [2.24, 2.45) is 18.7 Å². The second-order valence-corrected chi connectivity index (χ2v) is 10.9. The Morgan fingerprint density at radius 3 is 2.69 bits per heavy atom. The number of likely N-dealkylation sites (tertiary alicyclic amines) is 2. The molecule has 1 aromatic carbocycles. The predicted octanol–water partition coefficient (Wildman–Crippen LogP) is 2.97. The van der Waals surface area contributed by atoms with Gasteiger partial charge in [0.2, 0.25) is 17.7 Å². The van der Waals surface area contributed by atoms with Gasteiger partial charge in [-0.2, -0.15) is 5.10 Å². The Labute approximate surface area is 231 Å². The van der Waals surface area contributed by atoms with Crippen LogP contribution in [0.25, 0.3) is 10.9 Å². The number of fused-ring (bicyclic) bond motifs is 1. The van der Waals surface area contributed by atoms with Crippen LogP contribution >= 0.6 is 0 Å². The third-order valence-electron chi connectivity index (χ3n) is 8.14. The summed E-state index contributed by atoms with van der Waals surface area (Å²) in [6.45, 7) is 10.2. The van der Waals surface area contributed by atoms with E-state index in [0.717, 1.165) is 60.1 Å². The van der Waals surface area contributed by atoms with Gasteiger partial charge in [-0.3, -0.25) is 19.1 Å². The molecule has 2 aliphatic rings. The molecule has 3 atom stereocenters. The van der Waals surface area contributed by atoms with Crippen LogP contribution in [0, 0.1) is 12.8 Å². The Morgan fingerprint density at radius 2 is 2.00 bits per heavy atom. The maximum atomic E-state index is 13.5. The van der Waals surface area contributed by atoms with Crippen LogP contribution in [-0.4, -0.2) is 69.0 Å². The van der Waals surface area contributed by atoms with E-state index in [0.29, 0.717) is 19.5 Å². The fourth-order valence-electron chi connectivity index (χ4n) is 5.86. The van der Waals surface area contributed by atoms with Crippen molar-refractivity contribution in [3.8, 4) is 0 Å². The van der Waals surface area contributed by atoms with Gasteiger partial charge in [0.15, 0.2) is 0 Å². The highest BCUT2D eigenvalue weighted by molar-refractivity contribution is 5.91. The molecule has 0 spiro atoms. The second-order valence-electron chi connectivity index (χ2n) is 10.9. The molecule has 2 saturated heterocycles. The molecule has 4 rings (SSSR count). The minimum atomic E-state index is -0.818. The minimum absolute atomic E-state index is 0.0497. The number of aromatic nitrogens is 2. The monoisotopic (exact) mass is 534 g/mol. The lowest BCUT2D eigenvalue weighted by atomic mass is 9.96. The Morgan fingerprint density at radius 1 is 1.26 bits per heavy atom. The van der Waals surface area contributed by atoms with E-state index in [9.17, 15) is 14.4 Å². The zero-order valence-corrected chi connectivity index (χ0v) is 23.5. The van der Waals surface area contributed by atoms with Crippen LogP contribution in [-0.2, 0) is 28.0 Å². The number of amides is 3. The molecule has 2 aromatic rings. The number of benzene rings is 1. The zero-order valence-electron chi connectivity index (χ0n) is 23.5. The molecular formula is C30H42N6O3. The first-order valence-corrected chi connectivity index (χ1v) is 14.0. The van der Waals surface area contributed by atoms with E-state index in [4.69, 9.17) is 5.73 Å². The summed E-state index contributed by atoms with van der Waals surface area (Å²) in [5, 5.41) is 8.60. The number of hydrogen-bond acceptors (Lipinski definition) is 5. The highest BCUT2D eigenvalue weighted by atomic mass is 16.2. The van der Waals surface area contributed by atoms with Gasteiger partial charge < -0.3 is 20.9 Å². The van der Waals surface area contributed by atoms with Crippen LogP contribution < -0.4 is 11.1 Å². The summed E-state index contributed by atoms with van der Waals surface area (Å²) in [6, 6.07) is 4.63. The third kappa shape index (κ3) is 6.58. The smallest absolute Gasteiger partial charge is 0.243 e. The molecule has 9 nitrogen and oxygen atoms in total. The van der Waals surface area contributed by atoms with Crippen LogP contribution in [0.1, 0.15) is 56.7 Å². The molecule has 9 heteroatoms. The predicted molar refractivity (Wildman–Crippen MR) is 153 cm³/mol. The first-order chi connectivity index (χ1) is 18.7. The van der Waals surface area contributed by atoms with Crippen molar-refractivity contribution >= 4 is 28.6 Å². The molecule has 3 heterocycles. The van der Waals surface area contributed by atoms with Crippen LogP contribution in [0.5, 0.6) is 0 Å². The summed E-state index contributed by atoms with van der Waals surface area (Å²) in [7, 11) is 1.91. The van der Waals surface area contributed by atoms with Crippen molar-refractivity contribution in [3.05, 3.63) is 53.8 Å². The molecular weight excluding hydrogens is 492 g/mol. The maximum absolute atomic E-state index is 13.5. The van der Waals surface area contributed by atoms with Gasteiger partial charge in [0, 0.05) is 45.0 Å². The molecule has 3 N–H and O–H groups in total. The van der Waals surface area contributed by atoms with Crippen molar-refractivity contribution in [3.63, 3.8) is 0 Å². The van der Waals surface area contributed by atoms with Gasteiger partial charge in [0.1, 0.15) is 6.04 Å². The SMILES string of the molecule is C=C/C(=C\C)C[C@@H]1C[C@@H](C(=O)NCc2ccc3c(C)nn(C)c3c2)N(C(=O)[C@H](N)CCC(=O)N2CCCC2)C1. The number of allylic oxidation sites excluding steroid dienone is 3. The van der Waals surface area contributed by atoms with Crippen LogP contribution in [0.4, 0.5) is 0 Å². The Balaban J connectivity index is 1.42. The second kappa shape index (κ2) is 12.6. The summed E-state index contributed by atoms with van der Waals surface area (Å²) in [5.41, 5.74) is 10.3. The van der Waals surface area contributed by atoms with Crippen LogP contribution in [0.2, 0.25) is 0 Å². The number of nitrogens with two attached hydrogens (primary N) is 1. The summed E-state index contributed by atoms with van der Waals surface area (Å²) >= 11 is 0. The molecule has 39 heavy (non-hydrogen) atoms. The molecule has 0 unspecified atom stereocenters. The number of nitrogens with one attached hydrogen (secondary N) is 1. The fourth-order valence-corrected chi connectivity index (χ4v) is 5.86. The lowest BCUT2D eigenvalue weighted by Gasteiger charge is -2.27. The normalized spacial score (nSPS) is 20.5. The number of rotatable bonds is 10. The summed E-state index contributed by atoms with van der Waals surface area (Å²) in [5.74, 6) is -0.276. The number of aryl methyl sites for hydroxylation is 2. The van der Waals surface area contributed by atoms with E-state index < -0.39 is 12.1 Å². The van der Waals surface area contributed by atoms with E-state index in [1.54, 1.807) is 4.90 Å². The van der Waals surface area contributed by atoms with Crippen molar-refractivity contribution in [2.75, 3.05) is 19.6 Å². The number of carbonyl (C=O) groups excluding carboxylic acids is 3. The maximum Gasteiger partial charge on any atom is 0.243 e. The third-order valence-corrected chi connectivity index (χ3v) is 8.14. The standard InChI is InChI=1S/C30H42N6O3/c1-5-21(6-2)15-23-17-27(29(38)32-18-22-9-10-24-20(3)33-34(4)26(24)16-22)36(19-23)30(39)25(31)11-12-28(37)35-13-7-8-14-35/h5-6,9-10,16,23,25,27H,1,7-8,11-15,17-19,31H2,2-4H3,(H,32,38)/b21-6+/t23-,25-,27+/m1/s1. The van der Waals surface area contributed by atoms with Gasteiger partial charge >= 0.3 is 0 Å². The summed E-state index contributed by atoms with van der Waals surface area (Å²) < 4.78 is 1.84. The minimum Gasteiger partial charge on any atom is -0.350 e. The largest absolute Gasteiger partial charge is 0.350 e. The van der Waals surface area contributed by atoms with Crippen molar-refractivity contribution in [1.82, 2.24) is 24.9 Å². The number of carbonyl (C=O) groups is 3. The van der Waals surface area contributed by atoms with Crippen LogP contribution in [0.3, 0.4) is 0 Å². The van der Waals surface area contributed by atoms with E-state index in [1.807, 2.05) is 60.8 Å². The molecule has 0 bridgehead atoms. The van der Waals surface area contributed by atoms with Gasteiger partial charge in [-0.05, 0) is 63.5 Å². The van der Waals surface area contributed by atoms with Gasteiger partial charge in [-0.1, -0.05) is 36.4 Å². The number of hydrogen-bond donors (Lipinski definition) is 2. The first kappa shape index (κ1) is 28.5. The molecule has 0 radical (unpaired) electrons. The Kier molecular flexibility index (Phi) is 9.22. The lowest BCUT2D eigenvalue weighted by Crippen LogP contribution is -2.51. The van der Waals surface area contributed by atoms with Crippen molar-refractivity contribution in [1.29, 1.82) is 0 Å². The highest BCUT2D eigenvalue weighted by Crippen LogP contribution is 2.30. The summed E-state index contributed by atoms with van der Waals surface area (Å²) in [4.78, 5) is 42.9. The van der Waals surface area contributed by atoms with Gasteiger partial charge in [-0.15, -0.1) is 0 Å². The average molecular weight is 535 g/mol. The highest BCUT2D eigenvalue weighted by Gasteiger charge is 2.41. The van der Waals surface area contributed by atoms with Crippen molar-refractivity contribution in [2.45, 2.75) is 71.0 Å². The lowest BCUT2D eigenvalue weighted by molar-refractivity contribution is -0.140. The van der Waals surface area contributed by atoms with Gasteiger partial charge in [0.05, 0.1) is 17.3 Å². The first-order valence-electron chi connectivity index (χ1n) is 14.0. The van der Waals surface area contributed by atoms with E-state index in [-0.39, 0.29) is 36.5 Å². The number of nitrogens with zero attached hydrogens (tertiary/aromatic N) is 4. The van der Waals surface area contributed by atoms with Gasteiger partial charge in [-0.25, -0.2) is 0 Å².